The number of aromatic nitrogens is 2. The molecule has 1 aromatic heterocycles. The summed E-state index contributed by atoms with van der Waals surface area (Å²) in [5.74, 6) is -0.485. The highest BCUT2D eigenvalue weighted by Crippen LogP contribution is 2.31. The largest absolute Gasteiger partial charge is 0.416 e. The summed E-state index contributed by atoms with van der Waals surface area (Å²) in [5, 5.41) is 2.41. The van der Waals surface area contributed by atoms with Crippen molar-refractivity contribution in [3.63, 3.8) is 0 Å². The van der Waals surface area contributed by atoms with Crippen molar-refractivity contribution in [2.45, 2.75) is 12.7 Å². The monoisotopic (exact) mass is 295 g/mol. The Balaban J connectivity index is 1.99. The average Bonchev–Trinajstić information content (AvgIpc) is 2.95. The van der Waals surface area contributed by atoms with Crippen LogP contribution in [0.15, 0.2) is 42.9 Å². The molecule has 0 atom stereocenters. The topological polar surface area (TPSA) is 57.8 Å². The lowest BCUT2D eigenvalue weighted by Crippen LogP contribution is -2.22. The molecule has 0 aliphatic rings. The molecule has 21 heavy (non-hydrogen) atoms. The van der Waals surface area contributed by atoms with E-state index in [9.17, 15) is 18.0 Å². The summed E-state index contributed by atoms with van der Waals surface area (Å²) in [7, 11) is 0. The fraction of sp³-hybridized carbons (Fsp3) is 0.143. The first-order valence-corrected chi connectivity index (χ1v) is 6.06. The number of benzene rings is 1. The van der Waals surface area contributed by atoms with Crippen LogP contribution in [0, 0.1) is 0 Å². The van der Waals surface area contributed by atoms with Crippen molar-refractivity contribution in [3.8, 4) is 0 Å². The summed E-state index contributed by atoms with van der Waals surface area (Å²) in [4.78, 5) is 18.1. The lowest BCUT2D eigenvalue weighted by molar-refractivity contribution is -0.138. The summed E-state index contributed by atoms with van der Waals surface area (Å²) in [6.45, 7) is -0.193. The molecule has 1 amide bonds. The van der Waals surface area contributed by atoms with Gasteiger partial charge in [0.25, 0.3) is 0 Å². The van der Waals surface area contributed by atoms with Crippen LogP contribution in [0.25, 0.3) is 6.08 Å². The first-order valence-electron chi connectivity index (χ1n) is 6.06. The lowest BCUT2D eigenvalue weighted by atomic mass is 10.1. The molecule has 0 aliphatic heterocycles. The summed E-state index contributed by atoms with van der Waals surface area (Å²) in [6.07, 6.45) is 1.24. The van der Waals surface area contributed by atoms with Gasteiger partial charge in [-0.2, -0.15) is 13.2 Å². The third-order valence-corrected chi connectivity index (χ3v) is 2.71. The van der Waals surface area contributed by atoms with Gasteiger partial charge in [0, 0.05) is 12.6 Å². The summed E-state index contributed by atoms with van der Waals surface area (Å²) < 4.78 is 38.3. The molecule has 0 aliphatic carbocycles. The molecule has 0 spiro atoms. The summed E-state index contributed by atoms with van der Waals surface area (Å²) in [6, 6.07) is 5.13. The van der Waals surface area contributed by atoms with Crippen molar-refractivity contribution < 1.29 is 18.0 Å². The SMILES string of the molecule is O=C(/C=C/c1cnc[nH]1)NCc1ccccc1C(F)(F)F. The zero-order valence-corrected chi connectivity index (χ0v) is 10.8. The number of H-pyrrole nitrogens is 1. The van der Waals surface area contributed by atoms with E-state index in [0.29, 0.717) is 5.69 Å². The Hall–Kier alpha value is -2.57. The lowest BCUT2D eigenvalue weighted by Gasteiger charge is -2.12. The predicted molar refractivity (Wildman–Crippen MR) is 70.9 cm³/mol. The van der Waals surface area contributed by atoms with E-state index in [1.54, 1.807) is 0 Å². The van der Waals surface area contributed by atoms with E-state index >= 15 is 0 Å². The molecule has 0 bridgehead atoms. The summed E-state index contributed by atoms with van der Waals surface area (Å²) in [5.41, 5.74) is -0.100. The van der Waals surface area contributed by atoms with Crippen molar-refractivity contribution >= 4 is 12.0 Å². The molecule has 0 saturated carbocycles. The second-order valence-corrected chi connectivity index (χ2v) is 4.21. The molecule has 2 rings (SSSR count). The molecule has 0 radical (unpaired) electrons. The van der Waals surface area contributed by atoms with E-state index in [1.165, 1.54) is 42.9 Å². The van der Waals surface area contributed by atoms with Gasteiger partial charge < -0.3 is 10.3 Å². The van der Waals surface area contributed by atoms with Crippen molar-refractivity contribution in [2.24, 2.45) is 0 Å². The van der Waals surface area contributed by atoms with Crippen LogP contribution >= 0.6 is 0 Å². The number of aromatic amines is 1. The second kappa shape index (κ2) is 6.25. The van der Waals surface area contributed by atoms with Crippen molar-refractivity contribution in [2.75, 3.05) is 0 Å². The quantitative estimate of drug-likeness (QED) is 0.852. The highest BCUT2D eigenvalue weighted by atomic mass is 19.4. The fourth-order valence-corrected chi connectivity index (χ4v) is 1.72. The van der Waals surface area contributed by atoms with E-state index in [1.807, 2.05) is 0 Å². The minimum Gasteiger partial charge on any atom is -0.348 e. The molecule has 2 N–H and O–H groups in total. The first-order chi connectivity index (χ1) is 9.97. The van der Waals surface area contributed by atoms with Crippen LogP contribution in [0.2, 0.25) is 0 Å². The number of carbonyl (C=O) groups is 1. The Kier molecular flexibility index (Phi) is 4.42. The molecule has 1 heterocycles. The van der Waals surface area contributed by atoms with Crippen molar-refractivity contribution in [1.29, 1.82) is 0 Å². The number of amides is 1. The Morgan fingerprint density at radius 1 is 1.33 bits per heavy atom. The van der Waals surface area contributed by atoms with Gasteiger partial charge in [0.15, 0.2) is 0 Å². The van der Waals surface area contributed by atoms with Gasteiger partial charge in [-0.25, -0.2) is 4.98 Å². The Morgan fingerprint density at radius 2 is 2.10 bits per heavy atom. The molecule has 7 heteroatoms. The molecule has 0 unspecified atom stereocenters. The zero-order valence-electron chi connectivity index (χ0n) is 10.8. The Bertz CT molecular complexity index is 633. The van der Waals surface area contributed by atoms with E-state index < -0.39 is 17.6 Å². The zero-order chi connectivity index (χ0) is 15.3. The minimum atomic E-state index is -4.44. The molecule has 2 aromatic rings. The van der Waals surface area contributed by atoms with Crippen molar-refractivity contribution in [1.82, 2.24) is 15.3 Å². The van der Waals surface area contributed by atoms with Crippen LogP contribution in [0.1, 0.15) is 16.8 Å². The molecular weight excluding hydrogens is 283 g/mol. The predicted octanol–water partition coefficient (Wildman–Crippen LogP) is 2.76. The number of nitrogens with zero attached hydrogens (tertiary/aromatic N) is 1. The normalized spacial score (nSPS) is 11.8. The highest BCUT2D eigenvalue weighted by molar-refractivity contribution is 5.91. The maximum Gasteiger partial charge on any atom is 0.416 e. The fourth-order valence-electron chi connectivity index (χ4n) is 1.72. The molecule has 4 nitrogen and oxygen atoms in total. The molecule has 0 saturated heterocycles. The molecule has 0 fully saturated rings. The van der Waals surface area contributed by atoms with Gasteiger partial charge in [-0.15, -0.1) is 0 Å². The smallest absolute Gasteiger partial charge is 0.348 e. The van der Waals surface area contributed by atoms with Crippen LogP contribution in [0.3, 0.4) is 0 Å². The van der Waals surface area contributed by atoms with Gasteiger partial charge in [-0.3, -0.25) is 4.79 Å². The first kappa shape index (κ1) is 14.8. The van der Waals surface area contributed by atoms with Gasteiger partial charge in [0.05, 0.1) is 23.8 Å². The van der Waals surface area contributed by atoms with Crippen LogP contribution in [0.5, 0.6) is 0 Å². The van der Waals surface area contributed by atoms with Gasteiger partial charge in [0.2, 0.25) is 5.91 Å². The average molecular weight is 295 g/mol. The maximum absolute atomic E-state index is 12.8. The third-order valence-electron chi connectivity index (χ3n) is 2.71. The number of rotatable bonds is 4. The van der Waals surface area contributed by atoms with Gasteiger partial charge in [0.1, 0.15) is 0 Å². The second-order valence-electron chi connectivity index (χ2n) is 4.21. The van der Waals surface area contributed by atoms with Crippen LogP contribution in [-0.4, -0.2) is 15.9 Å². The third kappa shape index (κ3) is 4.20. The van der Waals surface area contributed by atoms with Crippen LogP contribution in [-0.2, 0) is 17.5 Å². The van der Waals surface area contributed by atoms with E-state index in [0.717, 1.165) is 6.07 Å². The number of nitrogens with one attached hydrogen (secondary N) is 2. The number of imidazole rings is 1. The number of carbonyl (C=O) groups excluding carboxylic acids is 1. The highest BCUT2D eigenvalue weighted by Gasteiger charge is 2.32. The Labute approximate surface area is 118 Å². The molecular formula is C14H12F3N3O. The van der Waals surface area contributed by atoms with Crippen LogP contribution in [0.4, 0.5) is 13.2 Å². The van der Waals surface area contributed by atoms with Gasteiger partial charge in [-0.1, -0.05) is 18.2 Å². The van der Waals surface area contributed by atoms with Crippen molar-refractivity contribution in [3.05, 3.63) is 59.7 Å². The van der Waals surface area contributed by atoms with E-state index in [2.05, 4.69) is 15.3 Å². The number of alkyl halides is 3. The van der Waals surface area contributed by atoms with E-state index in [-0.39, 0.29) is 12.1 Å². The number of halogens is 3. The number of hydrogen-bond donors (Lipinski definition) is 2. The van der Waals surface area contributed by atoms with Crippen LogP contribution < -0.4 is 5.32 Å². The van der Waals surface area contributed by atoms with E-state index in [4.69, 9.17) is 0 Å². The minimum absolute atomic E-state index is 0.0216. The van der Waals surface area contributed by atoms with Gasteiger partial charge in [-0.05, 0) is 17.7 Å². The number of hydrogen-bond acceptors (Lipinski definition) is 2. The maximum atomic E-state index is 12.8. The molecule has 1 aromatic carbocycles. The standard InChI is InChI=1S/C14H12F3N3O/c15-14(16,17)12-4-2-1-3-10(12)7-19-13(21)6-5-11-8-18-9-20-11/h1-6,8-9H,7H2,(H,18,20)(H,19,21)/b6-5+. The molecule has 110 valence electrons. The Morgan fingerprint density at radius 3 is 2.76 bits per heavy atom. The van der Waals surface area contributed by atoms with Gasteiger partial charge >= 0.3 is 6.18 Å². The summed E-state index contributed by atoms with van der Waals surface area (Å²) >= 11 is 0.